The summed E-state index contributed by atoms with van der Waals surface area (Å²) in [6.07, 6.45) is 0.705. The second kappa shape index (κ2) is 10.6. The van der Waals surface area contributed by atoms with Gasteiger partial charge in [0.2, 0.25) is 0 Å². The van der Waals surface area contributed by atoms with Crippen LogP contribution in [0.15, 0.2) is 78.4 Å². The van der Waals surface area contributed by atoms with E-state index in [-0.39, 0.29) is 16.7 Å². The normalized spacial score (nSPS) is 17.3. The quantitative estimate of drug-likeness (QED) is 0.224. The Morgan fingerprint density at radius 1 is 0.973 bits per heavy atom. The van der Waals surface area contributed by atoms with E-state index in [1.807, 2.05) is 68.4 Å². The van der Waals surface area contributed by atoms with E-state index < -0.39 is 17.7 Å². The number of aryl methyl sites for hydroxylation is 1. The number of aliphatic hydroxyl groups is 1. The highest BCUT2D eigenvalue weighted by Crippen LogP contribution is 2.40. The second-order valence-electron chi connectivity index (χ2n) is 10.6. The maximum Gasteiger partial charge on any atom is 0.295 e. The molecule has 0 spiro atoms. The van der Waals surface area contributed by atoms with Crippen LogP contribution in [0.2, 0.25) is 0 Å². The van der Waals surface area contributed by atoms with Gasteiger partial charge in [0.15, 0.2) is 0 Å². The minimum Gasteiger partial charge on any atom is -0.507 e. The molecule has 1 unspecified atom stereocenters. The molecule has 1 aliphatic heterocycles. The van der Waals surface area contributed by atoms with E-state index in [9.17, 15) is 14.7 Å². The number of carbonyl (C=O) groups excluding carboxylic acids is 2. The van der Waals surface area contributed by atoms with E-state index in [0.717, 1.165) is 22.3 Å². The lowest BCUT2D eigenvalue weighted by molar-refractivity contribution is -0.139. The molecule has 1 heterocycles. The van der Waals surface area contributed by atoms with Gasteiger partial charge in [0.05, 0.1) is 11.6 Å². The van der Waals surface area contributed by atoms with Gasteiger partial charge in [-0.2, -0.15) is 0 Å². The molecule has 0 bridgehead atoms. The number of hydrogen-bond donors (Lipinski definition) is 1. The fourth-order valence-corrected chi connectivity index (χ4v) is 4.71. The lowest BCUT2D eigenvalue weighted by Crippen LogP contribution is -2.30. The summed E-state index contributed by atoms with van der Waals surface area (Å²) in [6, 6.07) is 22.6. The molecule has 1 aliphatic rings. The number of benzene rings is 3. The van der Waals surface area contributed by atoms with Crippen LogP contribution in [0.5, 0.6) is 5.75 Å². The van der Waals surface area contributed by atoms with Gasteiger partial charge in [-0.3, -0.25) is 9.59 Å². The molecule has 3 aromatic rings. The molecule has 1 atom stereocenters. The average Bonchev–Trinajstić information content (AvgIpc) is 3.13. The lowest BCUT2D eigenvalue weighted by atomic mass is 9.85. The van der Waals surface area contributed by atoms with E-state index in [0.29, 0.717) is 30.9 Å². The molecule has 0 aromatic heterocycles. The molecule has 0 aliphatic carbocycles. The van der Waals surface area contributed by atoms with Gasteiger partial charge in [-0.1, -0.05) is 82.3 Å². The number of likely N-dealkylation sites (tertiary alicyclic amines) is 1. The number of carbonyl (C=O) groups is 2. The molecule has 3 aromatic carbocycles. The van der Waals surface area contributed by atoms with Crippen molar-refractivity contribution >= 4 is 17.4 Å². The number of ketones is 1. The highest BCUT2D eigenvalue weighted by atomic mass is 16.5. The molecule has 0 saturated carbocycles. The van der Waals surface area contributed by atoms with Crippen molar-refractivity contribution in [2.45, 2.75) is 59.1 Å². The molecule has 5 heteroatoms. The number of rotatable bonds is 7. The van der Waals surface area contributed by atoms with E-state index >= 15 is 0 Å². The summed E-state index contributed by atoms with van der Waals surface area (Å²) in [5.74, 6) is -0.702. The number of Topliss-reactive ketones (excluding diaryl/α,β-unsaturated/α-hetero) is 1. The van der Waals surface area contributed by atoms with Crippen LogP contribution in [-0.4, -0.2) is 28.2 Å². The van der Waals surface area contributed by atoms with Crippen LogP contribution in [0.4, 0.5) is 0 Å². The van der Waals surface area contributed by atoms with Gasteiger partial charge in [0, 0.05) is 12.1 Å². The SMILES string of the molecule is CCCN1C(=O)C(=O)/C(=C(\O)c2ccc(OCc3ccccc3)c(C)c2)C1c1ccc(C(C)(C)C)cc1. The molecule has 4 rings (SSSR count). The van der Waals surface area contributed by atoms with Gasteiger partial charge in [0.25, 0.3) is 11.7 Å². The third-order valence-electron chi connectivity index (χ3n) is 6.78. The fraction of sp³-hybridized carbons (Fsp3) is 0.312. The summed E-state index contributed by atoms with van der Waals surface area (Å²) in [4.78, 5) is 27.8. The van der Waals surface area contributed by atoms with Gasteiger partial charge in [-0.25, -0.2) is 0 Å². The van der Waals surface area contributed by atoms with Crippen LogP contribution in [0.25, 0.3) is 5.76 Å². The molecular formula is C32H35NO4. The predicted octanol–water partition coefficient (Wildman–Crippen LogP) is 6.70. The molecule has 1 fully saturated rings. The number of aliphatic hydroxyl groups excluding tert-OH is 1. The Bertz CT molecular complexity index is 1320. The monoisotopic (exact) mass is 497 g/mol. The third-order valence-corrected chi connectivity index (χ3v) is 6.78. The first kappa shape index (κ1) is 26.2. The van der Waals surface area contributed by atoms with Crippen LogP contribution in [-0.2, 0) is 21.6 Å². The Kier molecular flexibility index (Phi) is 7.53. The summed E-state index contributed by atoms with van der Waals surface area (Å²) >= 11 is 0. The van der Waals surface area contributed by atoms with Gasteiger partial charge < -0.3 is 14.7 Å². The summed E-state index contributed by atoms with van der Waals surface area (Å²) in [7, 11) is 0. The zero-order chi connectivity index (χ0) is 26.7. The molecule has 1 saturated heterocycles. The maximum absolute atomic E-state index is 13.2. The Morgan fingerprint density at radius 3 is 2.24 bits per heavy atom. The molecule has 5 nitrogen and oxygen atoms in total. The van der Waals surface area contributed by atoms with E-state index in [1.54, 1.807) is 23.1 Å². The van der Waals surface area contributed by atoms with Gasteiger partial charge in [-0.15, -0.1) is 0 Å². The molecule has 192 valence electrons. The van der Waals surface area contributed by atoms with Crippen molar-refractivity contribution < 1.29 is 19.4 Å². The zero-order valence-corrected chi connectivity index (χ0v) is 22.2. The van der Waals surface area contributed by atoms with Crippen LogP contribution < -0.4 is 4.74 Å². The molecule has 1 amide bonds. The average molecular weight is 498 g/mol. The largest absolute Gasteiger partial charge is 0.507 e. The third kappa shape index (κ3) is 5.46. The summed E-state index contributed by atoms with van der Waals surface area (Å²) < 4.78 is 5.97. The Balaban J connectivity index is 1.70. The second-order valence-corrected chi connectivity index (χ2v) is 10.6. The van der Waals surface area contributed by atoms with Crippen LogP contribution in [0.3, 0.4) is 0 Å². The van der Waals surface area contributed by atoms with Gasteiger partial charge >= 0.3 is 0 Å². The van der Waals surface area contributed by atoms with Crippen LogP contribution in [0, 0.1) is 6.92 Å². The van der Waals surface area contributed by atoms with Crippen molar-refractivity contribution in [3.8, 4) is 5.75 Å². The fourth-order valence-electron chi connectivity index (χ4n) is 4.71. The first-order valence-corrected chi connectivity index (χ1v) is 12.8. The van der Waals surface area contributed by atoms with Crippen molar-refractivity contribution in [2.75, 3.05) is 6.54 Å². The summed E-state index contributed by atoms with van der Waals surface area (Å²) in [5, 5.41) is 11.4. The van der Waals surface area contributed by atoms with E-state index in [4.69, 9.17) is 4.74 Å². The zero-order valence-electron chi connectivity index (χ0n) is 22.2. The van der Waals surface area contributed by atoms with Crippen molar-refractivity contribution in [3.05, 3.63) is 106 Å². The van der Waals surface area contributed by atoms with Crippen molar-refractivity contribution in [3.63, 3.8) is 0 Å². The highest BCUT2D eigenvalue weighted by molar-refractivity contribution is 6.46. The molecule has 0 radical (unpaired) electrons. The number of nitrogens with zero attached hydrogens (tertiary/aromatic N) is 1. The topological polar surface area (TPSA) is 66.8 Å². The maximum atomic E-state index is 13.2. The standard InChI is InChI=1S/C32H35NO4/c1-6-18-33-28(23-12-15-25(16-13-23)32(3,4)5)27(30(35)31(33)36)29(34)24-14-17-26(21(2)19-24)37-20-22-10-8-7-9-11-22/h7-17,19,28,34H,6,18,20H2,1-5H3/b29-27-. The van der Waals surface area contributed by atoms with E-state index in [2.05, 4.69) is 20.8 Å². The van der Waals surface area contributed by atoms with Gasteiger partial charge in [-0.05, 0) is 59.2 Å². The highest BCUT2D eigenvalue weighted by Gasteiger charge is 2.45. The van der Waals surface area contributed by atoms with Crippen LogP contribution >= 0.6 is 0 Å². The lowest BCUT2D eigenvalue weighted by Gasteiger charge is -2.26. The van der Waals surface area contributed by atoms with Gasteiger partial charge in [0.1, 0.15) is 18.1 Å². The summed E-state index contributed by atoms with van der Waals surface area (Å²) in [5.41, 5.74) is 4.43. The first-order chi connectivity index (χ1) is 17.6. The molecule has 37 heavy (non-hydrogen) atoms. The minimum atomic E-state index is -0.655. The Hall–Kier alpha value is -3.86. The Morgan fingerprint density at radius 2 is 1.65 bits per heavy atom. The smallest absolute Gasteiger partial charge is 0.295 e. The number of hydrogen-bond acceptors (Lipinski definition) is 4. The number of ether oxygens (including phenoxy) is 1. The Labute approximate surface area is 219 Å². The molecule has 1 N–H and O–H groups in total. The van der Waals surface area contributed by atoms with Crippen LogP contribution in [0.1, 0.15) is 68.0 Å². The van der Waals surface area contributed by atoms with Crippen molar-refractivity contribution in [2.24, 2.45) is 0 Å². The van der Waals surface area contributed by atoms with Crippen molar-refractivity contribution in [1.29, 1.82) is 0 Å². The van der Waals surface area contributed by atoms with Crippen molar-refractivity contribution in [1.82, 2.24) is 4.90 Å². The first-order valence-electron chi connectivity index (χ1n) is 12.8. The summed E-state index contributed by atoms with van der Waals surface area (Å²) in [6.45, 7) is 11.1. The molecular weight excluding hydrogens is 462 g/mol. The van der Waals surface area contributed by atoms with E-state index in [1.165, 1.54) is 0 Å². The number of amides is 1. The minimum absolute atomic E-state index is 0.0222. The predicted molar refractivity (Wildman–Crippen MR) is 146 cm³/mol.